The van der Waals surface area contributed by atoms with Gasteiger partial charge in [-0.05, 0) is 80.7 Å². The van der Waals surface area contributed by atoms with Crippen molar-refractivity contribution >= 4 is 17.2 Å². The Morgan fingerprint density at radius 1 is 0.854 bits per heavy atom. The summed E-state index contributed by atoms with van der Waals surface area (Å²) in [6.45, 7) is 1.67. The minimum absolute atomic E-state index is 0.139. The number of hydrogen-bond donors (Lipinski definition) is 2. The molecule has 0 aliphatic carbocycles. The van der Waals surface area contributed by atoms with Crippen LogP contribution in [0.1, 0.15) is 12.0 Å². The Labute approximate surface area is 241 Å². The molecule has 212 valence electrons. The minimum Gasteiger partial charge on any atom is -0.494 e. The Kier molecular flexibility index (Phi) is 9.51. The first-order valence-corrected chi connectivity index (χ1v) is 13.1. The number of rotatable bonds is 12. The van der Waals surface area contributed by atoms with Crippen molar-refractivity contribution in [3.05, 3.63) is 72.3 Å². The van der Waals surface area contributed by atoms with Crippen LogP contribution in [-0.4, -0.2) is 58.5 Å². The molecule has 1 heterocycles. The zero-order valence-corrected chi connectivity index (χ0v) is 24.0. The van der Waals surface area contributed by atoms with E-state index in [4.69, 9.17) is 24.7 Å². The van der Waals surface area contributed by atoms with Crippen LogP contribution in [0.15, 0.2) is 66.7 Å². The van der Waals surface area contributed by atoms with Gasteiger partial charge in [0, 0.05) is 29.0 Å². The van der Waals surface area contributed by atoms with E-state index in [1.165, 1.54) is 0 Å². The average molecular weight is 554 g/mol. The Hall–Kier alpha value is -4.94. The third kappa shape index (κ3) is 6.99. The number of anilines is 3. The van der Waals surface area contributed by atoms with E-state index >= 15 is 0 Å². The molecular weight excluding hydrogens is 518 g/mol. The highest BCUT2D eigenvalue weighted by Crippen LogP contribution is 2.42. The maximum Gasteiger partial charge on any atom is 0.203 e. The van der Waals surface area contributed by atoms with Gasteiger partial charge in [-0.15, -0.1) is 0 Å². The van der Waals surface area contributed by atoms with Gasteiger partial charge in [0.05, 0.1) is 33.6 Å². The van der Waals surface area contributed by atoms with Crippen molar-refractivity contribution in [2.24, 2.45) is 0 Å². The molecule has 4 aromatic rings. The highest BCUT2D eigenvalue weighted by molar-refractivity contribution is 5.82. The molecule has 1 aromatic heterocycles. The van der Waals surface area contributed by atoms with Crippen molar-refractivity contribution in [3.63, 3.8) is 0 Å². The van der Waals surface area contributed by atoms with Crippen LogP contribution in [0.3, 0.4) is 0 Å². The number of aromatic nitrogens is 1. The van der Waals surface area contributed by atoms with Crippen molar-refractivity contribution in [2.75, 3.05) is 59.6 Å². The minimum atomic E-state index is 0.139. The summed E-state index contributed by atoms with van der Waals surface area (Å²) in [5.74, 6) is 2.44. The summed E-state index contributed by atoms with van der Waals surface area (Å²) in [6, 6.07) is 23.3. The first-order chi connectivity index (χ1) is 19.9. The van der Waals surface area contributed by atoms with E-state index in [0.29, 0.717) is 46.2 Å². The maximum atomic E-state index is 9.87. The number of ether oxygens (including phenoxy) is 4. The van der Waals surface area contributed by atoms with Crippen LogP contribution in [0.5, 0.6) is 23.0 Å². The molecule has 41 heavy (non-hydrogen) atoms. The van der Waals surface area contributed by atoms with E-state index in [9.17, 15) is 5.26 Å². The van der Waals surface area contributed by atoms with Gasteiger partial charge in [0.15, 0.2) is 11.5 Å². The summed E-state index contributed by atoms with van der Waals surface area (Å²) in [6.07, 6.45) is 0.972. The number of nitrogen functional groups attached to an aromatic ring is 1. The lowest BCUT2D eigenvalue weighted by Gasteiger charge is -2.15. The maximum absolute atomic E-state index is 9.87. The van der Waals surface area contributed by atoms with Gasteiger partial charge in [-0.3, -0.25) is 0 Å². The lowest BCUT2D eigenvalue weighted by molar-refractivity contribution is 0.281. The van der Waals surface area contributed by atoms with Crippen molar-refractivity contribution in [1.29, 1.82) is 5.26 Å². The summed E-state index contributed by atoms with van der Waals surface area (Å²) < 4.78 is 22.3. The van der Waals surface area contributed by atoms with Crippen LogP contribution in [0, 0.1) is 11.3 Å². The predicted octanol–water partition coefficient (Wildman–Crippen LogP) is 5.97. The molecule has 0 amide bonds. The quantitative estimate of drug-likeness (QED) is 0.205. The van der Waals surface area contributed by atoms with Crippen molar-refractivity contribution in [3.8, 4) is 51.5 Å². The second-order valence-electron chi connectivity index (χ2n) is 9.57. The number of hydrogen-bond acceptors (Lipinski definition) is 9. The molecule has 0 aliphatic heterocycles. The molecule has 3 N–H and O–H groups in total. The monoisotopic (exact) mass is 553 g/mol. The molecule has 0 bridgehead atoms. The number of nitrogens with one attached hydrogen (secondary N) is 1. The molecule has 0 aliphatic rings. The number of nitrogens with zero attached hydrogens (tertiary/aromatic N) is 3. The van der Waals surface area contributed by atoms with Crippen LogP contribution in [0.25, 0.3) is 22.4 Å². The molecule has 0 atom stereocenters. The molecule has 0 saturated heterocycles. The van der Waals surface area contributed by atoms with E-state index < -0.39 is 0 Å². The zero-order chi connectivity index (χ0) is 29.4. The fourth-order valence-corrected chi connectivity index (χ4v) is 4.39. The standard InChI is InChI=1S/C32H35N5O4/c1-37(2)15-6-16-41-25-13-11-24(12-14-25)35-23-9-7-21(8-10-23)26-19-28(36-32(34)27(26)20-33)22-17-29(38-3)31(40-5)30(18-22)39-4/h7-14,17-19,35H,6,15-16H2,1-5H3,(H2,34,36). The van der Waals surface area contributed by atoms with E-state index in [2.05, 4.69) is 35.4 Å². The smallest absolute Gasteiger partial charge is 0.203 e. The van der Waals surface area contributed by atoms with Crippen molar-refractivity contribution in [1.82, 2.24) is 9.88 Å². The zero-order valence-electron chi connectivity index (χ0n) is 24.0. The molecule has 0 saturated carbocycles. The van der Waals surface area contributed by atoms with Crippen LogP contribution < -0.4 is 30.0 Å². The van der Waals surface area contributed by atoms with Gasteiger partial charge in [-0.1, -0.05) is 12.1 Å². The van der Waals surface area contributed by atoms with Gasteiger partial charge in [-0.25, -0.2) is 4.98 Å². The summed E-state index contributed by atoms with van der Waals surface area (Å²) in [7, 11) is 8.76. The van der Waals surface area contributed by atoms with Gasteiger partial charge >= 0.3 is 0 Å². The molecule has 0 unspecified atom stereocenters. The number of methoxy groups -OCH3 is 3. The number of pyridine rings is 1. The summed E-state index contributed by atoms with van der Waals surface area (Å²) >= 11 is 0. The van der Waals surface area contributed by atoms with Gasteiger partial charge < -0.3 is 34.9 Å². The van der Waals surface area contributed by atoms with E-state index in [1.807, 2.05) is 54.6 Å². The second kappa shape index (κ2) is 13.4. The SMILES string of the molecule is COc1cc(-c2cc(-c3ccc(Nc4ccc(OCCCN(C)C)cc4)cc3)c(C#N)c(N)n2)cc(OC)c1OC. The Morgan fingerprint density at radius 3 is 2.00 bits per heavy atom. The molecule has 0 fully saturated rings. The molecule has 9 heteroatoms. The Morgan fingerprint density at radius 2 is 1.46 bits per heavy atom. The van der Waals surface area contributed by atoms with Gasteiger partial charge in [0.25, 0.3) is 0 Å². The topological polar surface area (TPSA) is 115 Å². The van der Waals surface area contributed by atoms with Gasteiger partial charge in [-0.2, -0.15) is 5.26 Å². The van der Waals surface area contributed by atoms with Gasteiger partial charge in [0.2, 0.25) is 5.75 Å². The largest absolute Gasteiger partial charge is 0.494 e. The Bertz CT molecular complexity index is 1490. The summed E-state index contributed by atoms with van der Waals surface area (Å²) in [4.78, 5) is 6.64. The van der Waals surface area contributed by atoms with Crippen molar-refractivity contribution < 1.29 is 18.9 Å². The summed E-state index contributed by atoms with van der Waals surface area (Å²) in [5.41, 5.74) is 11.2. The average Bonchev–Trinajstić information content (AvgIpc) is 2.99. The Balaban J connectivity index is 1.56. The highest BCUT2D eigenvalue weighted by Gasteiger charge is 2.18. The lowest BCUT2D eigenvalue weighted by Crippen LogP contribution is -2.15. The van der Waals surface area contributed by atoms with Crippen LogP contribution >= 0.6 is 0 Å². The molecule has 9 nitrogen and oxygen atoms in total. The highest BCUT2D eigenvalue weighted by atomic mass is 16.5. The number of benzene rings is 3. The molecule has 4 rings (SSSR count). The summed E-state index contributed by atoms with van der Waals surface area (Å²) in [5, 5.41) is 13.3. The molecule has 0 spiro atoms. The van der Waals surface area contributed by atoms with Crippen LogP contribution in [-0.2, 0) is 0 Å². The van der Waals surface area contributed by atoms with Crippen LogP contribution in [0.2, 0.25) is 0 Å². The molecule has 0 radical (unpaired) electrons. The third-order valence-corrected chi connectivity index (χ3v) is 6.48. The first kappa shape index (κ1) is 29.1. The fourth-order valence-electron chi connectivity index (χ4n) is 4.39. The first-order valence-electron chi connectivity index (χ1n) is 13.1. The predicted molar refractivity (Wildman–Crippen MR) is 162 cm³/mol. The van der Waals surface area contributed by atoms with E-state index in [0.717, 1.165) is 35.7 Å². The normalized spacial score (nSPS) is 10.7. The van der Waals surface area contributed by atoms with Crippen LogP contribution in [0.4, 0.5) is 17.2 Å². The van der Waals surface area contributed by atoms with E-state index in [1.54, 1.807) is 33.5 Å². The molecular formula is C32H35N5O4. The number of nitriles is 1. The second-order valence-corrected chi connectivity index (χ2v) is 9.57. The van der Waals surface area contributed by atoms with E-state index in [-0.39, 0.29) is 5.82 Å². The number of nitrogens with two attached hydrogens (primary N) is 1. The molecule has 3 aromatic carbocycles. The van der Waals surface area contributed by atoms with Crippen molar-refractivity contribution in [2.45, 2.75) is 6.42 Å². The van der Waals surface area contributed by atoms with Gasteiger partial charge in [0.1, 0.15) is 23.2 Å². The fraction of sp³-hybridized carbons (Fsp3) is 0.250. The lowest BCUT2D eigenvalue weighted by atomic mass is 9.98. The third-order valence-electron chi connectivity index (χ3n) is 6.48.